The van der Waals surface area contributed by atoms with Gasteiger partial charge in [-0.25, -0.2) is 0 Å². The molecule has 6 atom stereocenters. The van der Waals surface area contributed by atoms with Crippen molar-refractivity contribution in [1.29, 1.82) is 0 Å². The molecule has 2 aliphatic rings. The van der Waals surface area contributed by atoms with Crippen molar-refractivity contribution in [2.45, 2.75) is 53.9 Å². The van der Waals surface area contributed by atoms with Gasteiger partial charge >= 0.3 is 0 Å². The van der Waals surface area contributed by atoms with E-state index in [0.29, 0.717) is 0 Å². The summed E-state index contributed by atoms with van der Waals surface area (Å²) in [4.78, 5) is 0. The molecular formula is C15H28. The van der Waals surface area contributed by atoms with E-state index in [0.717, 1.165) is 41.4 Å². The van der Waals surface area contributed by atoms with Crippen LogP contribution in [0.25, 0.3) is 0 Å². The molecule has 88 valence electrons. The zero-order chi connectivity index (χ0) is 11.2. The molecule has 0 bridgehead atoms. The van der Waals surface area contributed by atoms with E-state index < -0.39 is 0 Å². The molecule has 2 aliphatic carbocycles. The maximum absolute atomic E-state index is 2.51. The normalized spacial score (nSPS) is 51.0. The van der Waals surface area contributed by atoms with Crippen molar-refractivity contribution in [3.63, 3.8) is 0 Å². The van der Waals surface area contributed by atoms with Gasteiger partial charge in [0.15, 0.2) is 0 Å². The molecule has 2 fully saturated rings. The third-order valence-corrected chi connectivity index (χ3v) is 5.81. The molecule has 15 heavy (non-hydrogen) atoms. The molecule has 0 heterocycles. The molecule has 0 aliphatic heterocycles. The Kier molecular flexibility index (Phi) is 3.14. The minimum absolute atomic E-state index is 0.989. The monoisotopic (exact) mass is 208 g/mol. The van der Waals surface area contributed by atoms with Crippen molar-refractivity contribution in [2.75, 3.05) is 0 Å². The minimum Gasteiger partial charge on any atom is -0.0651 e. The highest BCUT2D eigenvalue weighted by Gasteiger charge is 2.46. The maximum atomic E-state index is 2.51. The molecule has 0 spiro atoms. The summed E-state index contributed by atoms with van der Waals surface area (Å²) in [6.45, 7) is 12.2. The van der Waals surface area contributed by atoms with Crippen LogP contribution in [-0.4, -0.2) is 0 Å². The standard InChI is InChI=1S/C15H28/c1-6-13-9(2)7-14(13)10(3)8-15-11(4)12(15)5/h9-15H,6-8H2,1-5H3. The fraction of sp³-hybridized carbons (Fsp3) is 1.00. The van der Waals surface area contributed by atoms with Gasteiger partial charge in [-0.1, -0.05) is 41.0 Å². The fourth-order valence-corrected chi connectivity index (χ4v) is 4.16. The van der Waals surface area contributed by atoms with Crippen LogP contribution in [-0.2, 0) is 0 Å². The SMILES string of the molecule is CCC1C(C)CC1C(C)CC1C(C)C1C. The summed E-state index contributed by atoms with van der Waals surface area (Å²) in [5.74, 6) is 7.21. The Hall–Kier alpha value is 0. The van der Waals surface area contributed by atoms with E-state index in [4.69, 9.17) is 0 Å². The quantitative estimate of drug-likeness (QED) is 0.633. The summed E-state index contributed by atoms with van der Waals surface area (Å²) in [6, 6.07) is 0. The Balaban J connectivity index is 1.79. The van der Waals surface area contributed by atoms with Crippen LogP contribution in [0.3, 0.4) is 0 Å². The Morgan fingerprint density at radius 1 is 1.07 bits per heavy atom. The number of hydrogen-bond donors (Lipinski definition) is 0. The van der Waals surface area contributed by atoms with Gasteiger partial charge in [0.2, 0.25) is 0 Å². The van der Waals surface area contributed by atoms with E-state index >= 15 is 0 Å². The third-order valence-electron chi connectivity index (χ3n) is 5.81. The lowest BCUT2D eigenvalue weighted by Gasteiger charge is -2.46. The Morgan fingerprint density at radius 3 is 2.07 bits per heavy atom. The highest BCUT2D eigenvalue weighted by molar-refractivity contribution is 4.95. The lowest BCUT2D eigenvalue weighted by atomic mass is 9.59. The smallest absolute Gasteiger partial charge is 0.0355 e. The zero-order valence-corrected chi connectivity index (χ0v) is 11.2. The number of rotatable bonds is 4. The molecule has 0 aromatic heterocycles. The summed E-state index contributed by atoms with van der Waals surface area (Å²) >= 11 is 0. The number of hydrogen-bond acceptors (Lipinski definition) is 0. The van der Waals surface area contributed by atoms with Crippen LogP contribution in [0.2, 0.25) is 0 Å². The maximum Gasteiger partial charge on any atom is -0.0355 e. The van der Waals surface area contributed by atoms with Gasteiger partial charge in [-0.15, -0.1) is 0 Å². The summed E-state index contributed by atoms with van der Waals surface area (Å²) in [5, 5.41) is 0. The van der Waals surface area contributed by atoms with Gasteiger partial charge in [0, 0.05) is 0 Å². The topological polar surface area (TPSA) is 0 Å². The lowest BCUT2D eigenvalue weighted by molar-refractivity contribution is 0.0315. The molecule has 2 saturated carbocycles. The van der Waals surface area contributed by atoms with E-state index in [1.165, 1.54) is 19.3 Å². The average Bonchev–Trinajstić information content (AvgIpc) is 2.72. The Bertz CT molecular complexity index is 212. The molecule has 0 nitrogen and oxygen atoms in total. The second-order valence-corrected chi connectivity index (χ2v) is 6.54. The first-order valence-electron chi connectivity index (χ1n) is 7.06. The van der Waals surface area contributed by atoms with E-state index in [-0.39, 0.29) is 0 Å². The molecular weight excluding hydrogens is 180 g/mol. The van der Waals surface area contributed by atoms with Gasteiger partial charge < -0.3 is 0 Å². The van der Waals surface area contributed by atoms with Gasteiger partial charge in [0.05, 0.1) is 0 Å². The molecule has 0 aromatic rings. The first kappa shape index (κ1) is 11.5. The van der Waals surface area contributed by atoms with Gasteiger partial charge in [-0.05, 0) is 54.3 Å². The molecule has 2 rings (SSSR count). The first-order chi connectivity index (χ1) is 7.06. The van der Waals surface area contributed by atoms with Crippen molar-refractivity contribution in [2.24, 2.45) is 41.4 Å². The van der Waals surface area contributed by atoms with Crippen molar-refractivity contribution < 1.29 is 0 Å². The van der Waals surface area contributed by atoms with Crippen LogP contribution in [0.1, 0.15) is 53.9 Å². The molecule has 6 unspecified atom stereocenters. The van der Waals surface area contributed by atoms with Crippen molar-refractivity contribution in [3.8, 4) is 0 Å². The first-order valence-corrected chi connectivity index (χ1v) is 7.06. The van der Waals surface area contributed by atoms with Crippen molar-refractivity contribution in [1.82, 2.24) is 0 Å². The zero-order valence-electron chi connectivity index (χ0n) is 11.2. The average molecular weight is 208 g/mol. The fourth-order valence-electron chi connectivity index (χ4n) is 4.16. The van der Waals surface area contributed by atoms with Gasteiger partial charge in [-0.3, -0.25) is 0 Å². The summed E-state index contributed by atoms with van der Waals surface area (Å²) in [6.07, 6.45) is 4.43. The summed E-state index contributed by atoms with van der Waals surface area (Å²) in [7, 11) is 0. The highest BCUT2D eigenvalue weighted by atomic mass is 14.5. The predicted molar refractivity (Wildman–Crippen MR) is 66.7 cm³/mol. The van der Waals surface area contributed by atoms with Crippen LogP contribution in [0.4, 0.5) is 0 Å². The molecule has 0 radical (unpaired) electrons. The highest BCUT2D eigenvalue weighted by Crippen LogP contribution is 2.54. The van der Waals surface area contributed by atoms with Gasteiger partial charge in [0.1, 0.15) is 0 Å². The molecule has 0 heteroatoms. The van der Waals surface area contributed by atoms with Crippen molar-refractivity contribution in [3.05, 3.63) is 0 Å². The largest absolute Gasteiger partial charge is 0.0651 e. The third kappa shape index (κ3) is 1.97. The van der Waals surface area contributed by atoms with Crippen LogP contribution >= 0.6 is 0 Å². The van der Waals surface area contributed by atoms with E-state index in [2.05, 4.69) is 34.6 Å². The Morgan fingerprint density at radius 2 is 1.67 bits per heavy atom. The van der Waals surface area contributed by atoms with Gasteiger partial charge in [-0.2, -0.15) is 0 Å². The van der Waals surface area contributed by atoms with Crippen LogP contribution in [0, 0.1) is 41.4 Å². The summed E-state index contributed by atoms with van der Waals surface area (Å²) in [5.41, 5.74) is 0. The minimum atomic E-state index is 0.989. The van der Waals surface area contributed by atoms with Gasteiger partial charge in [0.25, 0.3) is 0 Å². The molecule has 0 saturated heterocycles. The molecule has 0 aromatic carbocycles. The second-order valence-electron chi connectivity index (χ2n) is 6.54. The van der Waals surface area contributed by atoms with Crippen molar-refractivity contribution >= 4 is 0 Å². The lowest BCUT2D eigenvalue weighted by Crippen LogP contribution is -2.38. The van der Waals surface area contributed by atoms with E-state index in [1.807, 2.05) is 0 Å². The van der Waals surface area contributed by atoms with Crippen LogP contribution in [0.5, 0.6) is 0 Å². The second kappa shape index (κ2) is 4.11. The summed E-state index contributed by atoms with van der Waals surface area (Å²) < 4.78 is 0. The predicted octanol–water partition coefficient (Wildman–Crippen LogP) is 4.60. The molecule has 0 amide bonds. The Labute approximate surface area is 95.8 Å². The molecule has 0 N–H and O–H groups in total. The van der Waals surface area contributed by atoms with E-state index in [9.17, 15) is 0 Å². The van der Waals surface area contributed by atoms with Crippen LogP contribution < -0.4 is 0 Å². The van der Waals surface area contributed by atoms with Crippen LogP contribution in [0.15, 0.2) is 0 Å². The van der Waals surface area contributed by atoms with E-state index in [1.54, 1.807) is 0 Å².